The number of nitrogens with one attached hydrogen (secondary N) is 1. The minimum atomic E-state index is -0.160. The van der Waals surface area contributed by atoms with Crippen molar-refractivity contribution in [1.29, 1.82) is 0 Å². The van der Waals surface area contributed by atoms with Gasteiger partial charge in [0.25, 0.3) is 5.91 Å². The van der Waals surface area contributed by atoms with Crippen molar-refractivity contribution >= 4 is 5.91 Å². The zero-order valence-corrected chi connectivity index (χ0v) is 18.1. The topological polar surface area (TPSA) is 58.2 Å². The summed E-state index contributed by atoms with van der Waals surface area (Å²) in [5.74, 6) is 0.000632. The van der Waals surface area contributed by atoms with E-state index in [0.29, 0.717) is 18.8 Å². The number of rotatable bonds is 6. The van der Waals surface area contributed by atoms with E-state index < -0.39 is 0 Å². The summed E-state index contributed by atoms with van der Waals surface area (Å²) in [5.41, 5.74) is 5.88. The molecule has 0 aliphatic carbocycles. The van der Waals surface area contributed by atoms with E-state index in [2.05, 4.69) is 55.2 Å². The van der Waals surface area contributed by atoms with Gasteiger partial charge >= 0.3 is 0 Å². The first-order valence-corrected chi connectivity index (χ1v) is 10.5. The van der Waals surface area contributed by atoms with Crippen LogP contribution in [-0.4, -0.2) is 41.3 Å². The number of ether oxygens (including phenoxy) is 1. The second-order valence-electron chi connectivity index (χ2n) is 8.85. The Kier molecular flexibility index (Phi) is 5.48. The summed E-state index contributed by atoms with van der Waals surface area (Å²) in [6, 6.07) is 18.5. The van der Waals surface area contributed by atoms with Crippen LogP contribution >= 0.6 is 0 Å². The maximum atomic E-state index is 13.3. The summed E-state index contributed by atoms with van der Waals surface area (Å²) in [4.78, 5) is 15.2. The monoisotopic (exact) mass is 403 g/mol. The van der Waals surface area contributed by atoms with Gasteiger partial charge in [0.15, 0.2) is 0 Å². The van der Waals surface area contributed by atoms with Gasteiger partial charge in [-0.25, -0.2) is 0 Å². The number of carbonyl (C=O) groups excluding carboxylic acids is 1. The molecule has 1 unspecified atom stereocenters. The minimum Gasteiger partial charge on any atom is -0.385 e. The second kappa shape index (κ2) is 8.07. The third kappa shape index (κ3) is 3.65. The Morgan fingerprint density at radius 3 is 2.40 bits per heavy atom. The number of hydrogen-bond donors (Lipinski definition) is 1. The third-order valence-electron chi connectivity index (χ3n) is 5.75. The van der Waals surface area contributed by atoms with Crippen LogP contribution in [0.15, 0.2) is 54.6 Å². The van der Waals surface area contributed by atoms with Crippen LogP contribution in [0.5, 0.6) is 0 Å². The molecular formula is C25H29N3O2. The van der Waals surface area contributed by atoms with Crippen molar-refractivity contribution in [2.75, 3.05) is 20.3 Å². The minimum absolute atomic E-state index is 0.000632. The Labute approximate surface area is 178 Å². The summed E-state index contributed by atoms with van der Waals surface area (Å²) in [7, 11) is 1.69. The molecule has 1 aromatic heterocycles. The number of H-pyrrole nitrogens is 1. The summed E-state index contributed by atoms with van der Waals surface area (Å²) >= 11 is 0. The van der Waals surface area contributed by atoms with E-state index in [4.69, 9.17) is 4.74 Å². The fourth-order valence-electron chi connectivity index (χ4n) is 4.13. The zero-order chi connectivity index (χ0) is 21.3. The van der Waals surface area contributed by atoms with Crippen LogP contribution in [0.25, 0.3) is 11.3 Å². The van der Waals surface area contributed by atoms with Crippen LogP contribution in [0, 0.1) is 0 Å². The molecule has 5 nitrogen and oxygen atoms in total. The lowest BCUT2D eigenvalue weighted by Crippen LogP contribution is -2.31. The molecule has 2 heterocycles. The van der Waals surface area contributed by atoms with Gasteiger partial charge in [-0.2, -0.15) is 5.10 Å². The standard InChI is InChI=1S/C25H29N3O2/c1-25(2,3)19-13-11-18(12-14-19)23-20-21(17-9-6-5-7-10-17)26-27-22(20)24(29)28(23)15-8-16-30-4/h5-7,9-14,23H,8,15-16H2,1-4H3,(H,26,27). The van der Waals surface area contributed by atoms with E-state index in [0.717, 1.165) is 28.8 Å². The number of methoxy groups -OCH3 is 1. The van der Waals surface area contributed by atoms with Crippen molar-refractivity contribution in [1.82, 2.24) is 15.1 Å². The highest BCUT2D eigenvalue weighted by Crippen LogP contribution is 2.43. The van der Waals surface area contributed by atoms with Crippen LogP contribution in [0.3, 0.4) is 0 Å². The van der Waals surface area contributed by atoms with E-state index in [1.165, 1.54) is 5.56 Å². The van der Waals surface area contributed by atoms with Crippen LogP contribution < -0.4 is 0 Å². The lowest BCUT2D eigenvalue weighted by Gasteiger charge is -2.27. The fraction of sp³-hybridized carbons (Fsp3) is 0.360. The molecule has 30 heavy (non-hydrogen) atoms. The zero-order valence-electron chi connectivity index (χ0n) is 18.1. The molecule has 1 atom stereocenters. The largest absolute Gasteiger partial charge is 0.385 e. The molecule has 5 heteroatoms. The quantitative estimate of drug-likeness (QED) is 0.592. The number of hydrogen-bond acceptors (Lipinski definition) is 3. The average molecular weight is 404 g/mol. The Hall–Kier alpha value is -2.92. The van der Waals surface area contributed by atoms with Crippen molar-refractivity contribution in [3.8, 4) is 11.3 Å². The third-order valence-corrected chi connectivity index (χ3v) is 5.75. The van der Waals surface area contributed by atoms with E-state index >= 15 is 0 Å². The van der Waals surface area contributed by atoms with E-state index in [1.54, 1.807) is 7.11 Å². The molecule has 0 radical (unpaired) electrons. The van der Waals surface area contributed by atoms with Gasteiger partial charge in [-0.15, -0.1) is 0 Å². The first-order valence-electron chi connectivity index (χ1n) is 10.5. The van der Waals surface area contributed by atoms with Crippen molar-refractivity contribution in [3.05, 3.63) is 77.0 Å². The molecule has 0 saturated carbocycles. The van der Waals surface area contributed by atoms with Gasteiger partial charge in [0.05, 0.1) is 11.7 Å². The van der Waals surface area contributed by atoms with Crippen LogP contribution in [0.4, 0.5) is 0 Å². The summed E-state index contributed by atoms with van der Waals surface area (Å²) in [5, 5.41) is 7.54. The molecule has 0 bridgehead atoms. The SMILES string of the molecule is COCCCN1C(=O)c2[nH]nc(-c3ccccc3)c2C1c1ccc(C(C)(C)C)cc1. The van der Waals surface area contributed by atoms with Crippen molar-refractivity contribution in [2.24, 2.45) is 0 Å². The molecule has 2 aromatic carbocycles. The highest BCUT2D eigenvalue weighted by molar-refractivity contribution is 6.00. The number of aromatic nitrogens is 2. The molecule has 0 fully saturated rings. The van der Waals surface area contributed by atoms with Crippen LogP contribution in [0.2, 0.25) is 0 Å². The molecule has 1 aliphatic rings. The highest BCUT2D eigenvalue weighted by atomic mass is 16.5. The van der Waals surface area contributed by atoms with E-state index in [9.17, 15) is 4.79 Å². The molecule has 0 saturated heterocycles. The van der Waals surface area contributed by atoms with Gasteiger partial charge in [0.1, 0.15) is 5.69 Å². The van der Waals surface area contributed by atoms with E-state index in [-0.39, 0.29) is 17.4 Å². The number of nitrogens with zero attached hydrogens (tertiary/aromatic N) is 2. The van der Waals surface area contributed by atoms with Gasteiger partial charge < -0.3 is 9.64 Å². The Bertz CT molecular complexity index is 1020. The maximum Gasteiger partial charge on any atom is 0.273 e. The second-order valence-corrected chi connectivity index (χ2v) is 8.85. The average Bonchev–Trinajstić information content (AvgIpc) is 3.28. The molecule has 156 valence electrons. The first kappa shape index (κ1) is 20.4. The van der Waals surface area contributed by atoms with Gasteiger partial charge in [0.2, 0.25) is 0 Å². The molecule has 1 aliphatic heterocycles. The van der Waals surface area contributed by atoms with Gasteiger partial charge in [-0.3, -0.25) is 9.89 Å². The molecule has 1 amide bonds. The smallest absolute Gasteiger partial charge is 0.273 e. The number of carbonyl (C=O) groups is 1. The van der Waals surface area contributed by atoms with Crippen molar-refractivity contribution in [3.63, 3.8) is 0 Å². The fourth-order valence-corrected chi connectivity index (χ4v) is 4.13. The molecule has 3 aromatic rings. The van der Waals surface area contributed by atoms with Gasteiger partial charge in [0, 0.05) is 31.4 Å². The Balaban J connectivity index is 1.79. The lowest BCUT2D eigenvalue weighted by atomic mass is 9.85. The van der Waals surface area contributed by atoms with E-state index in [1.807, 2.05) is 35.2 Å². The van der Waals surface area contributed by atoms with Gasteiger partial charge in [-0.05, 0) is 23.0 Å². The van der Waals surface area contributed by atoms with Crippen molar-refractivity contribution in [2.45, 2.75) is 38.6 Å². The summed E-state index contributed by atoms with van der Waals surface area (Å²) in [6.07, 6.45) is 0.789. The molecule has 4 rings (SSSR count). The van der Waals surface area contributed by atoms with Gasteiger partial charge in [-0.1, -0.05) is 75.4 Å². The predicted molar refractivity (Wildman–Crippen MR) is 119 cm³/mol. The lowest BCUT2D eigenvalue weighted by molar-refractivity contribution is 0.0723. The summed E-state index contributed by atoms with van der Waals surface area (Å²) in [6.45, 7) is 7.88. The number of amides is 1. The number of benzene rings is 2. The van der Waals surface area contributed by atoms with Crippen LogP contribution in [0.1, 0.15) is 60.4 Å². The Morgan fingerprint density at radius 1 is 1.07 bits per heavy atom. The number of fused-ring (bicyclic) bond motifs is 1. The molecule has 0 spiro atoms. The molecule has 1 N–H and O–H groups in total. The predicted octanol–water partition coefficient (Wildman–Crippen LogP) is 4.96. The normalized spacial score (nSPS) is 16.2. The molecular weight excluding hydrogens is 374 g/mol. The Morgan fingerprint density at radius 2 is 1.77 bits per heavy atom. The number of aromatic amines is 1. The van der Waals surface area contributed by atoms with Crippen molar-refractivity contribution < 1.29 is 9.53 Å². The summed E-state index contributed by atoms with van der Waals surface area (Å²) < 4.78 is 5.22. The highest BCUT2D eigenvalue weighted by Gasteiger charge is 2.41. The first-order chi connectivity index (χ1) is 14.4. The maximum absolute atomic E-state index is 13.3. The van der Waals surface area contributed by atoms with Crippen LogP contribution in [-0.2, 0) is 10.2 Å².